The lowest BCUT2D eigenvalue weighted by atomic mass is 10.2. The summed E-state index contributed by atoms with van der Waals surface area (Å²) in [6, 6.07) is 9.44. The molecule has 98 valence electrons. The van der Waals surface area contributed by atoms with E-state index in [0.29, 0.717) is 13.1 Å². The van der Waals surface area contributed by atoms with Crippen molar-refractivity contribution in [1.82, 2.24) is 4.90 Å². The van der Waals surface area contributed by atoms with Crippen LogP contribution in [0.4, 0.5) is 18.9 Å². The zero-order valence-corrected chi connectivity index (χ0v) is 9.65. The minimum atomic E-state index is -4.77. The van der Waals surface area contributed by atoms with Crippen molar-refractivity contribution in [3.63, 3.8) is 0 Å². The standard InChI is InChI=1S/C12H13F3N2O/c13-12(14,15)11(18)17-8-6-16(7-9-17)10-4-2-1-3-5-10/h1-5H,6-9H2. The number of piperazine rings is 1. The Balaban J connectivity index is 1.95. The highest BCUT2D eigenvalue weighted by Gasteiger charge is 2.43. The summed E-state index contributed by atoms with van der Waals surface area (Å²) in [7, 11) is 0. The number of nitrogens with zero attached hydrogens (tertiary/aromatic N) is 2. The number of halogens is 3. The number of benzene rings is 1. The van der Waals surface area contributed by atoms with E-state index in [1.54, 1.807) is 0 Å². The summed E-state index contributed by atoms with van der Waals surface area (Å²) in [5.41, 5.74) is 0.969. The van der Waals surface area contributed by atoms with Crippen molar-refractivity contribution in [1.29, 1.82) is 0 Å². The van der Waals surface area contributed by atoms with Gasteiger partial charge in [0.1, 0.15) is 0 Å². The molecule has 18 heavy (non-hydrogen) atoms. The van der Waals surface area contributed by atoms with E-state index in [4.69, 9.17) is 0 Å². The van der Waals surface area contributed by atoms with Crippen LogP contribution in [0.5, 0.6) is 0 Å². The molecule has 0 saturated carbocycles. The second-order valence-corrected chi connectivity index (χ2v) is 4.11. The Morgan fingerprint density at radius 3 is 2.06 bits per heavy atom. The summed E-state index contributed by atoms with van der Waals surface area (Å²) in [6.07, 6.45) is -4.77. The van der Waals surface area contributed by atoms with Gasteiger partial charge in [0.2, 0.25) is 0 Å². The first-order chi connectivity index (χ1) is 8.48. The molecule has 2 rings (SSSR count). The number of rotatable bonds is 1. The van der Waals surface area contributed by atoms with Gasteiger partial charge in [0, 0.05) is 31.9 Å². The largest absolute Gasteiger partial charge is 0.471 e. The first-order valence-corrected chi connectivity index (χ1v) is 5.64. The summed E-state index contributed by atoms with van der Waals surface area (Å²) in [4.78, 5) is 13.9. The number of carbonyl (C=O) groups is 1. The van der Waals surface area contributed by atoms with Crippen molar-refractivity contribution in [3.05, 3.63) is 30.3 Å². The molecule has 1 heterocycles. The van der Waals surface area contributed by atoms with Gasteiger partial charge >= 0.3 is 12.1 Å². The predicted molar refractivity (Wildman–Crippen MR) is 61.3 cm³/mol. The van der Waals surface area contributed by atoms with Crippen LogP contribution in [0, 0.1) is 0 Å². The molecular weight excluding hydrogens is 245 g/mol. The molecule has 1 saturated heterocycles. The normalized spacial score (nSPS) is 16.8. The van der Waals surface area contributed by atoms with Crippen molar-refractivity contribution in [2.45, 2.75) is 6.18 Å². The van der Waals surface area contributed by atoms with Gasteiger partial charge in [0.15, 0.2) is 0 Å². The van der Waals surface area contributed by atoms with Gasteiger partial charge < -0.3 is 9.80 Å². The van der Waals surface area contributed by atoms with Gasteiger partial charge in [0.25, 0.3) is 0 Å². The number of hydrogen-bond donors (Lipinski definition) is 0. The molecule has 0 radical (unpaired) electrons. The monoisotopic (exact) mass is 258 g/mol. The number of anilines is 1. The van der Waals surface area contributed by atoms with Crippen LogP contribution in [0.3, 0.4) is 0 Å². The van der Waals surface area contributed by atoms with E-state index in [0.717, 1.165) is 10.6 Å². The third kappa shape index (κ3) is 2.75. The van der Waals surface area contributed by atoms with Crippen molar-refractivity contribution < 1.29 is 18.0 Å². The highest BCUT2D eigenvalue weighted by molar-refractivity contribution is 5.82. The number of carbonyl (C=O) groups excluding carboxylic acids is 1. The van der Waals surface area contributed by atoms with E-state index >= 15 is 0 Å². The fourth-order valence-electron chi connectivity index (χ4n) is 1.99. The maximum Gasteiger partial charge on any atom is 0.471 e. The number of para-hydroxylation sites is 1. The number of hydrogen-bond acceptors (Lipinski definition) is 2. The van der Waals surface area contributed by atoms with Gasteiger partial charge in [0.05, 0.1) is 0 Å². The lowest BCUT2D eigenvalue weighted by Crippen LogP contribution is -2.52. The van der Waals surface area contributed by atoms with Crippen LogP contribution in [-0.4, -0.2) is 43.2 Å². The lowest BCUT2D eigenvalue weighted by molar-refractivity contribution is -0.185. The summed E-state index contributed by atoms with van der Waals surface area (Å²) in [5, 5.41) is 0. The molecule has 1 fully saturated rings. The van der Waals surface area contributed by atoms with Crippen LogP contribution in [0.1, 0.15) is 0 Å². The van der Waals surface area contributed by atoms with E-state index in [2.05, 4.69) is 0 Å². The zero-order chi connectivity index (χ0) is 13.2. The summed E-state index contributed by atoms with van der Waals surface area (Å²) < 4.78 is 36.7. The second-order valence-electron chi connectivity index (χ2n) is 4.11. The van der Waals surface area contributed by atoms with Crippen LogP contribution in [0.2, 0.25) is 0 Å². The van der Waals surface area contributed by atoms with Gasteiger partial charge in [-0.3, -0.25) is 4.79 Å². The van der Waals surface area contributed by atoms with E-state index in [1.807, 2.05) is 35.2 Å². The maximum absolute atomic E-state index is 12.2. The van der Waals surface area contributed by atoms with Gasteiger partial charge in [-0.05, 0) is 12.1 Å². The maximum atomic E-state index is 12.2. The number of amides is 1. The summed E-state index contributed by atoms with van der Waals surface area (Å²) in [5.74, 6) is -1.74. The van der Waals surface area contributed by atoms with Gasteiger partial charge in [-0.25, -0.2) is 0 Å². The Kier molecular flexibility index (Phi) is 3.45. The molecule has 0 spiro atoms. The first-order valence-electron chi connectivity index (χ1n) is 5.64. The molecule has 0 atom stereocenters. The zero-order valence-electron chi connectivity index (χ0n) is 9.65. The molecule has 0 bridgehead atoms. The van der Waals surface area contributed by atoms with E-state index < -0.39 is 12.1 Å². The first kappa shape index (κ1) is 12.7. The molecule has 0 aromatic heterocycles. The lowest BCUT2D eigenvalue weighted by Gasteiger charge is -2.36. The third-order valence-electron chi connectivity index (χ3n) is 2.93. The molecule has 6 heteroatoms. The molecule has 1 aliphatic rings. The molecule has 0 N–H and O–H groups in total. The van der Waals surface area contributed by atoms with E-state index in [9.17, 15) is 18.0 Å². The van der Waals surface area contributed by atoms with Gasteiger partial charge in [-0.2, -0.15) is 13.2 Å². The van der Waals surface area contributed by atoms with Crippen molar-refractivity contribution >= 4 is 11.6 Å². The highest BCUT2D eigenvalue weighted by Crippen LogP contribution is 2.21. The van der Waals surface area contributed by atoms with Crippen LogP contribution in [0.25, 0.3) is 0 Å². The molecule has 0 aliphatic carbocycles. The summed E-state index contributed by atoms with van der Waals surface area (Å²) in [6.45, 7) is 1.05. The fraction of sp³-hybridized carbons (Fsp3) is 0.417. The SMILES string of the molecule is O=C(N1CCN(c2ccccc2)CC1)C(F)(F)F. The van der Waals surface area contributed by atoms with Gasteiger partial charge in [-0.15, -0.1) is 0 Å². The third-order valence-corrected chi connectivity index (χ3v) is 2.93. The Morgan fingerprint density at radius 1 is 1.00 bits per heavy atom. The Bertz CT molecular complexity index is 411. The smallest absolute Gasteiger partial charge is 0.368 e. The Labute approximate surface area is 103 Å². The molecule has 1 amide bonds. The molecule has 3 nitrogen and oxygen atoms in total. The second kappa shape index (κ2) is 4.88. The minimum Gasteiger partial charge on any atom is -0.368 e. The average molecular weight is 258 g/mol. The topological polar surface area (TPSA) is 23.6 Å². The van der Waals surface area contributed by atoms with Crippen LogP contribution in [-0.2, 0) is 4.79 Å². The van der Waals surface area contributed by atoms with Gasteiger partial charge in [-0.1, -0.05) is 18.2 Å². The predicted octanol–water partition coefficient (Wildman–Crippen LogP) is 1.90. The fourth-order valence-corrected chi connectivity index (χ4v) is 1.99. The Hall–Kier alpha value is -1.72. The van der Waals surface area contributed by atoms with Crippen LogP contribution < -0.4 is 4.90 Å². The van der Waals surface area contributed by atoms with E-state index in [-0.39, 0.29) is 13.1 Å². The summed E-state index contributed by atoms with van der Waals surface area (Å²) >= 11 is 0. The van der Waals surface area contributed by atoms with Crippen molar-refractivity contribution in [3.8, 4) is 0 Å². The molecule has 1 aliphatic heterocycles. The Morgan fingerprint density at radius 2 is 1.56 bits per heavy atom. The van der Waals surface area contributed by atoms with E-state index in [1.165, 1.54) is 0 Å². The molecule has 1 aromatic carbocycles. The van der Waals surface area contributed by atoms with Crippen molar-refractivity contribution in [2.24, 2.45) is 0 Å². The van der Waals surface area contributed by atoms with Crippen LogP contribution >= 0.6 is 0 Å². The average Bonchev–Trinajstić information content (AvgIpc) is 2.38. The van der Waals surface area contributed by atoms with Crippen LogP contribution in [0.15, 0.2) is 30.3 Å². The molecule has 0 unspecified atom stereocenters. The molecule has 1 aromatic rings. The molecular formula is C12H13F3N2O. The highest BCUT2D eigenvalue weighted by atomic mass is 19.4. The van der Waals surface area contributed by atoms with Crippen molar-refractivity contribution in [2.75, 3.05) is 31.1 Å². The number of alkyl halides is 3. The quantitative estimate of drug-likeness (QED) is 0.768. The minimum absolute atomic E-state index is 0.104.